The quantitative estimate of drug-likeness (QED) is 0.796. The average Bonchev–Trinajstić information content (AvgIpc) is 2.90. The van der Waals surface area contributed by atoms with Gasteiger partial charge in [-0.3, -0.25) is 4.79 Å². The number of nitrogens with one attached hydrogen (secondary N) is 1. The van der Waals surface area contributed by atoms with Crippen molar-refractivity contribution in [2.75, 3.05) is 12.3 Å². The second-order valence-electron chi connectivity index (χ2n) is 4.89. The standard InChI is InChI=1S/C15H17NO2S2/c17-15(13-9-12(13)14-4-1-6-18-14)16-5-8-19-10-11-3-2-7-20-11/h1-4,6-7,12-13H,5,8-10H2,(H,16,17)/t12-,13+/m1/s1. The molecule has 20 heavy (non-hydrogen) atoms. The molecule has 1 amide bonds. The Balaban J connectivity index is 1.30. The fourth-order valence-corrected chi connectivity index (χ4v) is 3.95. The summed E-state index contributed by atoms with van der Waals surface area (Å²) in [5, 5.41) is 5.12. The maximum atomic E-state index is 11.9. The minimum atomic E-state index is 0.114. The Morgan fingerprint density at radius 2 is 2.40 bits per heavy atom. The van der Waals surface area contributed by atoms with Crippen molar-refractivity contribution in [2.45, 2.75) is 18.1 Å². The van der Waals surface area contributed by atoms with Crippen molar-refractivity contribution >= 4 is 29.0 Å². The monoisotopic (exact) mass is 307 g/mol. The highest BCUT2D eigenvalue weighted by molar-refractivity contribution is 7.98. The lowest BCUT2D eigenvalue weighted by molar-refractivity contribution is -0.122. The second-order valence-corrected chi connectivity index (χ2v) is 7.02. The molecule has 0 bridgehead atoms. The van der Waals surface area contributed by atoms with E-state index < -0.39 is 0 Å². The van der Waals surface area contributed by atoms with Crippen molar-refractivity contribution < 1.29 is 9.21 Å². The first-order chi connectivity index (χ1) is 9.84. The van der Waals surface area contributed by atoms with Crippen LogP contribution in [-0.4, -0.2) is 18.2 Å². The zero-order valence-electron chi connectivity index (χ0n) is 11.1. The molecule has 0 saturated heterocycles. The highest BCUT2D eigenvalue weighted by Crippen LogP contribution is 2.47. The maximum absolute atomic E-state index is 11.9. The van der Waals surface area contributed by atoms with Crippen LogP contribution in [0.4, 0.5) is 0 Å². The van der Waals surface area contributed by atoms with Crippen LogP contribution in [0.2, 0.25) is 0 Å². The van der Waals surface area contributed by atoms with Gasteiger partial charge in [-0.15, -0.1) is 11.3 Å². The van der Waals surface area contributed by atoms with Gasteiger partial charge in [0.25, 0.3) is 0 Å². The normalized spacial score (nSPS) is 20.8. The molecule has 3 nitrogen and oxygen atoms in total. The fraction of sp³-hybridized carbons (Fsp3) is 0.400. The van der Waals surface area contributed by atoms with E-state index in [0.717, 1.165) is 30.2 Å². The van der Waals surface area contributed by atoms with Gasteiger partial charge in [0.1, 0.15) is 5.76 Å². The second kappa shape index (κ2) is 6.50. The molecule has 3 rings (SSSR count). The molecule has 2 atom stereocenters. The van der Waals surface area contributed by atoms with E-state index in [0.29, 0.717) is 5.92 Å². The van der Waals surface area contributed by atoms with Crippen LogP contribution in [0.1, 0.15) is 23.0 Å². The largest absolute Gasteiger partial charge is 0.469 e. The summed E-state index contributed by atoms with van der Waals surface area (Å²) in [5.74, 6) is 3.51. The molecule has 1 aliphatic rings. The lowest BCUT2D eigenvalue weighted by Crippen LogP contribution is -2.27. The number of carbonyl (C=O) groups is 1. The molecule has 106 valence electrons. The van der Waals surface area contributed by atoms with Crippen LogP contribution in [0.3, 0.4) is 0 Å². The summed E-state index contributed by atoms with van der Waals surface area (Å²) >= 11 is 3.64. The lowest BCUT2D eigenvalue weighted by atomic mass is 10.2. The van der Waals surface area contributed by atoms with E-state index in [1.807, 2.05) is 23.9 Å². The molecule has 2 aromatic heterocycles. The Hall–Kier alpha value is -1.20. The molecule has 1 fully saturated rings. The van der Waals surface area contributed by atoms with E-state index in [1.165, 1.54) is 4.88 Å². The minimum absolute atomic E-state index is 0.114. The predicted molar refractivity (Wildman–Crippen MR) is 83.0 cm³/mol. The van der Waals surface area contributed by atoms with Crippen LogP contribution >= 0.6 is 23.1 Å². The van der Waals surface area contributed by atoms with Gasteiger partial charge < -0.3 is 9.73 Å². The van der Waals surface area contributed by atoms with Crippen molar-refractivity contribution in [3.63, 3.8) is 0 Å². The molecule has 0 aliphatic heterocycles. The summed E-state index contributed by atoms with van der Waals surface area (Å²) in [6.07, 6.45) is 2.59. The third kappa shape index (κ3) is 3.46. The number of thiophene rings is 1. The van der Waals surface area contributed by atoms with Crippen LogP contribution in [0.5, 0.6) is 0 Å². The Kier molecular flexibility index (Phi) is 4.47. The lowest BCUT2D eigenvalue weighted by Gasteiger charge is -2.04. The molecular weight excluding hydrogens is 290 g/mol. The van der Waals surface area contributed by atoms with Crippen LogP contribution in [0.15, 0.2) is 40.3 Å². The molecular formula is C15H17NO2S2. The maximum Gasteiger partial charge on any atom is 0.223 e. The fourth-order valence-electron chi connectivity index (χ4n) is 2.25. The van der Waals surface area contributed by atoms with Gasteiger partial charge >= 0.3 is 0 Å². The summed E-state index contributed by atoms with van der Waals surface area (Å²) in [6, 6.07) is 8.05. The topological polar surface area (TPSA) is 42.2 Å². The van der Waals surface area contributed by atoms with Crippen molar-refractivity contribution in [2.24, 2.45) is 5.92 Å². The van der Waals surface area contributed by atoms with Gasteiger partial charge in [0, 0.05) is 34.8 Å². The molecule has 0 unspecified atom stereocenters. The van der Waals surface area contributed by atoms with Crippen molar-refractivity contribution in [3.05, 3.63) is 46.5 Å². The number of rotatable bonds is 7. The third-order valence-corrected chi connectivity index (χ3v) is 5.47. The predicted octanol–water partition coefficient (Wildman–Crippen LogP) is 3.49. The smallest absolute Gasteiger partial charge is 0.223 e. The molecule has 1 aliphatic carbocycles. The Morgan fingerprint density at radius 3 is 3.15 bits per heavy atom. The number of amides is 1. The molecule has 1 N–H and O–H groups in total. The molecule has 0 radical (unpaired) electrons. The summed E-state index contributed by atoms with van der Waals surface area (Å²) in [7, 11) is 0. The number of hydrogen-bond donors (Lipinski definition) is 1. The van der Waals surface area contributed by atoms with Crippen LogP contribution in [-0.2, 0) is 10.5 Å². The molecule has 0 aromatic carbocycles. The highest BCUT2D eigenvalue weighted by atomic mass is 32.2. The number of furan rings is 1. The van der Waals surface area contributed by atoms with Gasteiger partial charge in [0.05, 0.1) is 6.26 Å². The van der Waals surface area contributed by atoms with Gasteiger partial charge in [0.15, 0.2) is 0 Å². The third-order valence-electron chi connectivity index (χ3n) is 3.41. The van der Waals surface area contributed by atoms with Gasteiger partial charge in [-0.25, -0.2) is 0 Å². The molecule has 2 aromatic rings. The van der Waals surface area contributed by atoms with Crippen molar-refractivity contribution in [1.82, 2.24) is 5.32 Å². The van der Waals surface area contributed by atoms with E-state index in [1.54, 1.807) is 17.6 Å². The van der Waals surface area contributed by atoms with E-state index in [9.17, 15) is 4.79 Å². The van der Waals surface area contributed by atoms with Crippen molar-refractivity contribution in [3.8, 4) is 0 Å². The van der Waals surface area contributed by atoms with Gasteiger partial charge in [-0.2, -0.15) is 11.8 Å². The number of carbonyl (C=O) groups excluding carboxylic acids is 1. The molecule has 2 heterocycles. The molecule has 5 heteroatoms. The van der Waals surface area contributed by atoms with E-state index in [2.05, 4.69) is 22.8 Å². The average molecular weight is 307 g/mol. The summed E-state index contributed by atoms with van der Waals surface area (Å²) in [5.41, 5.74) is 0. The van der Waals surface area contributed by atoms with Gasteiger partial charge in [0.2, 0.25) is 5.91 Å². The van der Waals surface area contributed by atoms with Gasteiger partial charge in [-0.05, 0) is 30.0 Å². The number of thioether (sulfide) groups is 1. The molecule has 1 saturated carbocycles. The number of hydrogen-bond acceptors (Lipinski definition) is 4. The first kappa shape index (κ1) is 13.8. The summed E-state index contributed by atoms with van der Waals surface area (Å²) < 4.78 is 5.34. The van der Waals surface area contributed by atoms with Crippen LogP contribution < -0.4 is 5.32 Å². The zero-order valence-corrected chi connectivity index (χ0v) is 12.7. The Labute approximate surface area is 126 Å². The van der Waals surface area contributed by atoms with E-state index in [4.69, 9.17) is 4.42 Å². The summed E-state index contributed by atoms with van der Waals surface area (Å²) in [6.45, 7) is 0.746. The Morgan fingerprint density at radius 1 is 1.45 bits per heavy atom. The van der Waals surface area contributed by atoms with Crippen LogP contribution in [0.25, 0.3) is 0 Å². The van der Waals surface area contributed by atoms with Gasteiger partial charge in [-0.1, -0.05) is 6.07 Å². The Bertz CT molecular complexity index is 536. The first-order valence-corrected chi connectivity index (χ1v) is 8.79. The summed E-state index contributed by atoms with van der Waals surface area (Å²) in [4.78, 5) is 13.3. The highest BCUT2D eigenvalue weighted by Gasteiger charge is 2.45. The van der Waals surface area contributed by atoms with E-state index >= 15 is 0 Å². The van der Waals surface area contributed by atoms with Crippen molar-refractivity contribution in [1.29, 1.82) is 0 Å². The van der Waals surface area contributed by atoms with E-state index in [-0.39, 0.29) is 11.8 Å². The first-order valence-electron chi connectivity index (χ1n) is 6.76. The van der Waals surface area contributed by atoms with Crippen LogP contribution in [0, 0.1) is 5.92 Å². The minimum Gasteiger partial charge on any atom is -0.469 e. The molecule has 0 spiro atoms. The SMILES string of the molecule is O=C(NCCSCc1cccs1)[C@H]1C[C@H]1c1ccco1. The zero-order chi connectivity index (χ0) is 13.8.